The van der Waals surface area contributed by atoms with Gasteiger partial charge in [0.05, 0.1) is 6.61 Å². The molecule has 0 amide bonds. The van der Waals surface area contributed by atoms with Crippen molar-refractivity contribution in [1.29, 1.82) is 0 Å². The molecule has 7 nitrogen and oxygen atoms in total. The van der Waals surface area contributed by atoms with Gasteiger partial charge in [0, 0.05) is 0 Å². The predicted molar refractivity (Wildman–Crippen MR) is 44.6 cm³/mol. The largest absolute Gasteiger partial charge is 0.480 e. The predicted octanol–water partition coefficient (Wildman–Crippen LogP) is -1.58. The molecule has 0 aromatic heterocycles. The average Bonchev–Trinajstić information content (AvgIpc) is 2.10. The summed E-state index contributed by atoms with van der Waals surface area (Å²) in [5, 5.41) is 16.8. The number of hydrogen-bond acceptors (Lipinski definition) is 4. The fourth-order valence-corrected chi connectivity index (χ4v) is 1.56. The summed E-state index contributed by atoms with van der Waals surface area (Å²) in [6.07, 6.45) is -4.76. The van der Waals surface area contributed by atoms with E-state index in [1.54, 1.807) is 0 Å². The maximum Gasteiger partial charge on any atom is 0.402 e. The fraction of sp³-hybridized carbons (Fsp3) is 0.800. The highest BCUT2D eigenvalue weighted by molar-refractivity contribution is 7.87. The van der Waals surface area contributed by atoms with E-state index in [0.717, 1.165) is 4.72 Å². The highest BCUT2D eigenvalue weighted by atomic mass is 32.2. The third kappa shape index (κ3) is 6.55. The number of aliphatic carboxylic acids is 1. The van der Waals surface area contributed by atoms with Crippen LogP contribution in [-0.4, -0.2) is 50.0 Å². The molecule has 0 saturated carbocycles. The fourth-order valence-electron chi connectivity index (χ4n) is 0.572. The number of rotatable bonds is 6. The second-order valence-corrected chi connectivity index (χ2v) is 4.16. The Morgan fingerprint density at radius 1 is 1.38 bits per heavy atom. The van der Waals surface area contributed by atoms with Crippen LogP contribution >= 0.6 is 0 Å². The highest BCUT2D eigenvalue weighted by Crippen LogP contribution is 2.12. The van der Waals surface area contributed by atoms with E-state index in [2.05, 4.69) is 0 Å². The number of carboxylic acid groups (broad SMARTS) is 1. The highest BCUT2D eigenvalue weighted by Gasteiger charge is 2.31. The van der Waals surface area contributed by atoms with Crippen molar-refractivity contribution in [1.82, 2.24) is 9.44 Å². The van der Waals surface area contributed by atoms with Crippen molar-refractivity contribution in [3.63, 3.8) is 0 Å². The van der Waals surface area contributed by atoms with Crippen molar-refractivity contribution in [3.8, 4) is 0 Å². The molecule has 0 rings (SSSR count). The zero-order valence-corrected chi connectivity index (χ0v) is 8.47. The summed E-state index contributed by atoms with van der Waals surface area (Å²) in [7, 11) is -4.63. The lowest BCUT2D eigenvalue weighted by molar-refractivity contribution is -0.139. The van der Waals surface area contributed by atoms with E-state index in [0.29, 0.717) is 0 Å². The van der Waals surface area contributed by atoms with Crippen molar-refractivity contribution in [2.45, 2.75) is 12.2 Å². The van der Waals surface area contributed by atoms with Gasteiger partial charge in [-0.1, -0.05) is 0 Å². The molecule has 96 valence electrons. The Bertz CT molecular complexity index is 340. The Morgan fingerprint density at radius 2 is 1.88 bits per heavy atom. The maximum atomic E-state index is 11.6. The molecule has 0 aromatic carbocycles. The van der Waals surface area contributed by atoms with Crippen LogP contribution in [0.2, 0.25) is 0 Å². The number of halogens is 3. The Labute approximate surface area is 88.4 Å². The van der Waals surface area contributed by atoms with Crippen LogP contribution in [0.25, 0.3) is 0 Å². The minimum absolute atomic E-state index is 1.08. The second kappa shape index (κ2) is 5.43. The molecule has 11 heteroatoms. The van der Waals surface area contributed by atoms with E-state index in [1.807, 2.05) is 0 Å². The molecule has 0 unspecified atom stereocenters. The average molecular weight is 266 g/mol. The molecular weight excluding hydrogens is 257 g/mol. The van der Waals surface area contributed by atoms with Gasteiger partial charge in [0.25, 0.3) is 10.2 Å². The SMILES string of the molecule is O=C(O)[C@@H](CO)NS(=O)(=O)NCC(F)(F)F. The summed E-state index contributed by atoms with van der Waals surface area (Å²) in [6, 6.07) is -1.90. The van der Waals surface area contributed by atoms with Crippen LogP contribution in [-0.2, 0) is 15.0 Å². The number of hydrogen-bond donors (Lipinski definition) is 4. The number of alkyl halides is 3. The van der Waals surface area contributed by atoms with Crippen LogP contribution in [0.15, 0.2) is 0 Å². The summed E-state index contributed by atoms with van der Waals surface area (Å²) in [5.41, 5.74) is 0. The van der Waals surface area contributed by atoms with E-state index in [9.17, 15) is 26.4 Å². The topological polar surface area (TPSA) is 116 Å². The minimum Gasteiger partial charge on any atom is -0.480 e. The number of aliphatic hydroxyl groups excluding tert-OH is 1. The molecule has 0 bridgehead atoms. The lowest BCUT2D eigenvalue weighted by Crippen LogP contribution is -2.49. The molecule has 4 N–H and O–H groups in total. The van der Waals surface area contributed by atoms with Crippen LogP contribution < -0.4 is 9.44 Å². The second-order valence-electron chi connectivity index (χ2n) is 2.63. The third-order valence-corrected chi connectivity index (χ3v) is 2.36. The molecule has 1 atom stereocenters. The first-order valence-corrected chi connectivity index (χ1v) is 5.23. The summed E-state index contributed by atoms with van der Waals surface area (Å²) >= 11 is 0. The minimum atomic E-state index is -4.76. The van der Waals surface area contributed by atoms with Crippen molar-refractivity contribution in [2.75, 3.05) is 13.2 Å². The van der Waals surface area contributed by atoms with Gasteiger partial charge in [0.2, 0.25) is 0 Å². The summed E-state index contributed by atoms with van der Waals surface area (Å²) < 4.78 is 59.0. The van der Waals surface area contributed by atoms with Crippen molar-refractivity contribution >= 4 is 16.2 Å². The summed E-state index contributed by atoms with van der Waals surface area (Å²) in [6.45, 7) is -2.91. The van der Waals surface area contributed by atoms with Gasteiger partial charge in [-0.15, -0.1) is 0 Å². The van der Waals surface area contributed by atoms with Crippen LogP contribution in [0, 0.1) is 0 Å². The van der Waals surface area contributed by atoms with Gasteiger partial charge in [-0.25, -0.2) is 0 Å². The Kier molecular flexibility index (Phi) is 5.12. The monoisotopic (exact) mass is 266 g/mol. The molecule has 0 heterocycles. The molecule has 16 heavy (non-hydrogen) atoms. The number of carbonyl (C=O) groups is 1. The zero-order valence-electron chi connectivity index (χ0n) is 7.65. The first kappa shape index (κ1) is 15.1. The molecule has 0 saturated heterocycles. The lowest BCUT2D eigenvalue weighted by Gasteiger charge is -2.13. The normalized spacial score (nSPS) is 14.8. The quantitative estimate of drug-likeness (QED) is 0.463. The van der Waals surface area contributed by atoms with Gasteiger partial charge in [-0.05, 0) is 0 Å². The number of nitrogens with one attached hydrogen (secondary N) is 2. The first-order valence-electron chi connectivity index (χ1n) is 3.75. The van der Waals surface area contributed by atoms with Crippen LogP contribution in [0.1, 0.15) is 0 Å². The smallest absolute Gasteiger partial charge is 0.402 e. The van der Waals surface area contributed by atoms with Crippen molar-refractivity contribution < 1.29 is 36.6 Å². The van der Waals surface area contributed by atoms with E-state index in [-0.39, 0.29) is 0 Å². The van der Waals surface area contributed by atoms with E-state index in [4.69, 9.17) is 10.2 Å². The molecule has 0 aliphatic heterocycles. The Balaban J connectivity index is 4.41. The standard InChI is InChI=1S/C5H9F3N2O5S/c6-5(7,8)2-9-16(14,15)10-3(1-11)4(12)13/h3,9-11H,1-2H2,(H,12,13)/t3-/m1/s1. The van der Waals surface area contributed by atoms with Gasteiger partial charge in [-0.3, -0.25) is 4.79 Å². The van der Waals surface area contributed by atoms with Crippen LogP contribution in [0.5, 0.6) is 0 Å². The molecule has 0 radical (unpaired) electrons. The zero-order chi connectivity index (χ0) is 13.0. The van der Waals surface area contributed by atoms with E-state index >= 15 is 0 Å². The molecule has 0 aromatic rings. The summed E-state index contributed by atoms with van der Waals surface area (Å²) in [4.78, 5) is 10.3. The van der Waals surface area contributed by atoms with E-state index < -0.39 is 41.5 Å². The van der Waals surface area contributed by atoms with Gasteiger partial charge in [0.15, 0.2) is 0 Å². The molecule has 0 fully saturated rings. The molecule has 0 spiro atoms. The maximum absolute atomic E-state index is 11.6. The van der Waals surface area contributed by atoms with Gasteiger partial charge >= 0.3 is 12.1 Å². The Morgan fingerprint density at radius 3 is 2.19 bits per heavy atom. The number of carboxylic acids is 1. The van der Waals surface area contributed by atoms with Crippen molar-refractivity contribution in [3.05, 3.63) is 0 Å². The summed E-state index contributed by atoms with van der Waals surface area (Å²) in [5.74, 6) is -1.71. The van der Waals surface area contributed by atoms with Gasteiger partial charge in [-0.2, -0.15) is 31.0 Å². The van der Waals surface area contributed by atoms with Crippen LogP contribution in [0.3, 0.4) is 0 Å². The lowest BCUT2D eigenvalue weighted by atomic mass is 10.3. The van der Waals surface area contributed by atoms with Gasteiger partial charge in [0.1, 0.15) is 12.6 Å². The van der Waals surface area contributed by atoms with E-state index in [1.165, 1.54) is 4.72 Å². The molecule has 0 aliphatic carbocycles. The molecule has 0 aliphatic rings. The van der Waals surface area contributed by atoms with Gasteiger partial charge < -0.3 is 10.2 Å². The van der Waals surface area contributed by atoms with Crippen LogP contribution in [0.4, 0.5) is 13.2 Å². The van der Waals surface area contributed by atoms with Crippen molar-refractivity contribution in [2.24, 2.45) is 0 Å². The molecular formula is C5H9F3N2O5S. The number of aliphatic hydroxyl groups is 1. The third-order valence-electron chi connectivity index (χ3n) is 1.24. The Hall–Kier alpha value is -0.910. The first-order chi connectivity index (χ1) is 7.07.